The second-order valence-electron chi connectivity index (χ2n) is 5.07. The van der Waals surface area contributed by atoms with E-state index in [1.54, 1.807) is 18.2 Å². The van der Waals surface area contributed by atoms with Crippen LogP contribution >= 0.6 is 0 Å². The maximum absolute atomic E-state index is 13.3. The molecule has 0 aliphatic carbocycles. The molecule has 1 atom stereocenters. The fraction of sp³-hybridized carbons (Fsp3) is 0.571. The Morgan fingerprint density at radius 1 is 1.22 bits per heavy atom. The highest BCUT2D eigenvalue weighted by Crippen LogP contribution is 2.16. The summed E-state index contributed by atoms with van der Waals surface area (Å²) in [4.78, 5) is 0. The summed E-state index contributed by atoms with van der Waals surface area (Å²) in [6.07, 6.45) is -0.944. The molecule has 102 valence electrons. The average molecular weight is 256 g/mol. The minimum Gasteiger partial charge on any atom is -0.386 e. The molecule has 0 aliphatic rings. The van der Waals surface area contributed by atoms with Crippen LogP contribution in [0, 0.1) is 5.82 Å². The summed E-state index contributed by atoms with van der Waals surface area (Å²) < 4.78 is 24.0. The molecular weight excluding hydrogens is 235 g/mol. The fourth-order valence-corrected chi connectivity index (χ4v) is 1.44. The number of rotatable bonds is 6. The summed E-state index contributed by atoms with van der Waals surface area (Å²) in [6.45, 7) is 6.77. The summed E-state index contributed by atoms with van der Waals surface area (Å²) in [5.41, 5.74) is 0.0577. The van der Waals surface area contributed by atoms with Crippen molar-refractivity contribution in [2.24, 2.45) is 0 Å². The lowest BCUT2D eigenvalue weighted by Gasteiger charge is -2.19. The van der Waals surface area contributed by atoms with E-state index in [9.17, 15) is 9.50 Å². The Morgan fingerprint density at radius 3 is 2.50 bits per heavy atom. The van der Waals surface area contributed by atoms with Crippen LogP contribution in [-0.2, 0) is 9.47 Å². The van der Waals surface area contributed by atoms with Crippen LogP contribution in [0.2, 0.25) is 0 Å². The van der Waals surface area contributed by atoms with Crippen molar-refractivity contribution in [3.8, 4) is 0 Å². The molecule has 0 saturated carbocycles. The van der Waals surface area contributed by atoms with Crippen molar-refractivity contribution >= 4 is 0 Å². The lowest BCUT2D eigenvalue weighted by atomic mass is 10.1. The summed E-state index contributed by atoms with van der Waals surface area (Å²) in [5.74, 6) is -0.417. The van der Waals surface area contributed by atoms with Gasteiger partial charge in [0, 0.05) is 5.56 Å². The molecule has 1 unspecified atom stereocenters. The van der Waals surface area contributed by atoms with Gasteiger partial charge in [-0.25, -0.2) is 4.39 Å². The topological polar surface area (TPSA) is 38.7 Å². The summed E-state index contributed by atoms with van der Waals surface area (Å²) in [7, 11) is 0. The molecule has 18 heavy (non-hydrogen) atoms. The monoisotopic (exact) mass is 256 g/mol. The Kier molecular flexibility index (Phi) is 5.72. The number of halogens is 1. The number of aliphatic hydroxyl groups is 1. The predicted octanol–water partition coefficient (Wildman–Crippen LogP) is 2.69. The zero-order valence-electron chi connectivity index (χ0n) is 11.1. The molecule has 1 aromatic carbocycles. The van der Waals surface area contributed by atoms with E-state index in [4.69, 9.17) is 9.47 Å². The van der Waals surface area contributed by atoms with Crippen molar-refractivity contribution in [2.75, 3.05) is 19.8 Å². The Hall–Kier alpha value is -0.970. The minimum absolute atomic E-state index is 0.0639. The molecule has 0 aliphatic heterocycles. The zero-order chi connectivity index (χ0) is 13.6. The third-order valence-corrected chi connectivity index (χ3v) is 2.30. The van der Waals surface area contributed by atoms with Crippen molar-refractivity contribution in [1.82, 2.24) is 0 Å². The molecule has 3 nitrogen and oxygen atoms in total. The molecule has 0 radical (unpaired) electrons. The van der Waals surface area contributed by atoms with Gasteiger partial charge in [-0.3, -0.25) is 0 Å². The molecule has 1 rings (SSSR count). The van der Waals surface area contributed by atoms with Gasteiger partial charge in [0.25, 0.3) is 0 Å². The van der Waals surface area contributed by atoms with Crippen molar-refractivity contribution in [3.05, 3.63) is 35.6 Å². The van der Waals surface area contributed by atoms with Gasteiger partial charge in [0.15, 0.2) is 0 Å². The van der Waals surface area contributed by atoms with Crippen LogP contribution in [0.15, 0.2) is 24.3 Å². The Bertz CT molecular complexity index is 360. The molecule has 4 heteroatoms. The normalized spacial score (nSPS) is 13.6. The third kappa shape index (κ3) is 5.58. The number of benzene rings is 1. The zero-order valence-corrected chi connectivity index (χ0v) is 11.1. The van der Waals surface area contributed by atoms with E-state index >= 15 is 0 Å². The third-order valence-electron chi connectivity index (χ3n) is 2.30. The van der Waals surface area contributed by atoms with E-state index in [1.807, 2.05) is 20.8 Å². The Balaban J connectivity index is 2.26. The first kappa shape index (κ1) is 15.1. The molecule has 0 spiro atoms. The average Bonchev–Trinajstić information content (AvgIpc) is 2.27. The lowest BCUT2D eigenvalue weighted by molar-refractivity contribution is -0.0480. The van der Waals surface area contributed by atoms with Gasteiger partial charge in [0.1, 0.15) is 11.9 Å². The van der Waals surface area contributed by atoms with Crippen LogP contribution in [0.5, 0.6) is 0 Å². The van der Waals surface area contributed by atoms with Crippen LogP contribution in [0.4, 0.5) is 4.39 Å². The molecule has 0 amide bonds. The second kappa shape index (κ2) is 6.83. The van der Waals surface area contributed by atoms with E-state index in [0.29, 0.717) is 13.2 Å². The van der Waals surface area contributed by atoms with Crippen LogP contribution < -0.4 is 0 Å². The standard InChI is InChI=1S/C14H21FO3/c1-14(2,3)18-9-8-17-10-13(16)11-6-4-5-7-12(11)15/h4-7,13,16H,8-10H2,1-3H3. The van der Waals surface area contributed by atoms with Crippen molar-refractivity contribution in [2.45, 2.75) is 32.5 Å². The van der Waals surface area contributed by atoms with E-state index in [-0.39, 0.29) is 17.8 Å². The summed E-state index contributed by atoms with van der Waals surface area (Å²) in [5, 5.41) is 9.75. The highest BCUT2D eigenvalue weighted by molar-refractivity contribution is 5.19. The predicted molar refractivity (Wildman–Crippen MR) is 67.9 cm³/mol. The number of hydrogen-bond acceptors (Lipinski definition) is 3. The van der Waals surface area contributed by atoms with Crippen LogP contribution in [0.1, 0.15) is 32.4 Å². The van der Waals surface area contributed by atoms with Gasteiger partial charge in [-0.15, -0.1) is 0 Å². The Morgan fingerprint density at radius 2 is 1.89 bits per heavy atom. The molecular formula is C14H21FO3. The first-order valence-corrected chi connectivity index (χ1v) is 6.04. The number of hydrogen-bond donors (Lipinski definition) is 1. The van der Waals surface area contributed by atoms with Crippen molar-refractivity contribution < 1.29 is 19.0 Å². The summed E-state index contributed by atoms with van der Waals surface area (Å²) in [6, 6.07) is 6.14. The first-order chi connectivity index (χ1) is 8.40. The van der Waals surface area contributed by atoms with Gasteiger partial charge < -0.3 is 14.6 Å². The quantitative estimate of drug-likeness (QED) is 0.795. The first-order valence-electron chi connectivity index (χ1n) is 6.04. The SMILES string of the molecule is CC(C)(C)OCCOCC(O)c1ccccc1F. The van der Waals surface area contributed by atoms with E-state index < -0.39 is 11.9 Å². The molecule has 0 heterocycles. The molecule has 0 bridgehead atoms. The fourth-order valence-electron chi connectivity index (χ4n) is 1.44. The second-order valence-corrected chi connectivity index (χ2v) is 5.07. The molecule has 1 N–H and O–H groups in total. The minimum atomic E-state index is -0.944. The smallest absolute Gasteiger partial charge is 0.129 e. The molecule has 1 aromatic rings. The van der Waals surface area contributed by atoms with E-state index in [1.165, 1.54) is 6.07 Å². The molecule has 0 saturated heterocycles. The van der Waals surface area contributed by atoms with Crippen molar-refractivity contribution in [3.63, 3.8) is 0 Å². The largest absolute Gasteiger partial charge is 0.386 e. The van der Waals surface area contributed by atoms with Gasteiger partial charge in [-0.05, 0) is 26.8 Å². The van der Waals surface area contributed by atoms with Crippen LogP contribution in [-0.4, -0.2) is 30.5 Å². The number of ether oxygens (including phenoxy) is 2. The molecule has 0 aromatic heterocycles. The van der Waals surface area contributed by atoms with Gasteiger partial charge in [-0.1, -0.05) is 18.2 Å². The molecule has 0 fully saturated rings. The van der Waals surface area contributed by atoms with Gasteiger partial charge in [-0.2, -0.15) is 0 Å². The highest BCUT2D eigenvalue weighted by atomic mass is 19.1. The van der Waals surface area contributed by atoms with Crippen molar-refractivity contribution in [1.29, 1.82) is 0 Å². The van der Waals surface area contributed by atoms with Gasteiger partial charge >= 0.3 is 0 Å². The summed E-state index contributed by atoms with van der Waals surface area (Å²) >= 11 is 0. The van der Waals surface area contributed by atoms with Gasteiger partial charge in [0.2, 0.25) is 0 Å². The van der Waals surface area contributed by atoms with E-state index in [2.05, 4.69) is 0 Å². The maximum Gasteiger partial charge on any atom is 0.129 e. The number of aliphatic hydroxyl groups excluding tert-OH is 1. The van der Waals surface area contributed by atoms with Crippen LogP contribution in [0.25, 0.3) is 0 Å². The lowest BCUT2D eigenvalue weighted by Crippen LogP contribution is -2.22. The Labute approximate surface area is 108 Å². The van der Waals surface area contributed by atoms with Crippen LogP contribution in [0.3, 0.4) is 0 Å². The van der Waals surface area contributed by atoms with Gasteiger partial charge in [0.05, 0.1) is 25.4 Å². The maximum atomic E-state index is 13.3. The van der Waals surface area contributed by atoms with E-state index in [0.717, 1.165) is 0 Å². The highest BCUT2D eigenvalue weighted by Gasteiger charge is 2.13.